The van der Waals surface area contributed by atoms with Gasteiger partial charge in [0.05, 0.1) is 18.0 Å². The van der Waals surface area contributed by atoms with Crippen molar-refractivity contribution in [1.82, 2.24) is 4.90 Å². The van der Waals surface area contributed by atoms with E-state index in [9.17, 15) is 19.5 Å². The number of nitrogens with one attached hydrogen (secondary N) is 1. The minimum Gasteiger partial charge on any atom is -0.545 e. The quantitative estimate of drug-likeness (QED) is 0.483. The first-order valence-electron chi connectivity index (χ1n) is 9.38. The number of benzene rings is 2. The number of thiocarbonyl (C=S) groups is 1. The lowest BCUT2D eigenvalue weighted by Gasteiger charge is -2.15. The zero-order chi connectivity index (χ0) is 22.4. The molecule has 160 valence electrons. The molecular formula is C22H19N2O5S2-. The molecule has 1 heterocycles. The summed E-state index contributed by atoms with van der Waals surface area (Å²) in [6.07, 6.45) is 2.25. The minimum atomic E-state index is -1.36. The number of carbonyl (C=O) groups is 3. The normalized spacial score (nSPS) is 14.7. The summed E-state index contributed by atoms with van der Waals surface area (Å²) in [7, 11) is 1.59. The first-order valence-corrected chi connectivity index (χ1v) is 10.6. The lowest BCUT2D eigenvalue weighted by Crippen LogP contribution is -2.30. The van der Waals surface area contributed by atoms with E-state index in [1.807, 2.05) is 24.3 Å². The Morgan fingerprint density at radius 3 is 2.58 bits per heavy atom. The molecule has 2 amide bonds. The highest BCUT2D eigenvalue weighted by atomic mass is 32.2. The molecule has 3 rings (SSSR count). The number of aromatic carboxylic acids is 1. The zero-order valence-electron chi connectivity index (χ0n) is 16.6. The van der Waals surface area contributed by atoms with Crippen LogP contribution in [0.1, 0.15) is 28.8 Å². The molecule has 1 aliphatic rings. The van der Waals surface area contributed by atoms with Gasteiger partial charge in [-0.05, 0) is 36.3 Å². The highest BCUT2D eigenvalue weighted by molar-refractivity contribution is 8.26. The molecule has 2 aromatic carbocycles. The van der Waals surface area contributed by atoms with Crippen LogP contribution in [0.4, 0.5) is 5.69 Å². The van der Waals surface area contributed by atoms with E-state index in [-0.39, 0.29) is 29.5 Å². The van der Waals surface area contributed by atoms with Crippen molar-refractivity contribution in [2.75, 3.05) is 19.0 Å². The van der Waals surface area contributed by atoms with Crippen molar-refractivity contribution in [3.8, 4) is 5.75 Å². The predicted molar refractivity (Wildman–Crippen MR) is 122 cm³/mol. The van der Waals surface area contributed by atoms with E-state index >= 15 is 0 Å². The van der Waals surface area contributed by atoms with Crippen LogP contribution in [0.15, 0.2) is 53.4 Å². The second-order valence-electron chi connectivity index (χ2n) is 6.59. The molecule has 0 bridgehead atoms. The van der Waals surface area contributed by atoms with Gasteiger partial charge in [0.15, 0.2) is 0 Å². The second kappa shape index (κ2) is 10.2. The molecular weight excluding hydrogens is 436 g/mol. The average Bonchev–Trinajstić information content (AvgIpc) is 3.02. The fourth-order valence-corrected chi connectivity index (χ4v) is 4.23. The molecule has 0 aromatic heterocycles. The molecule has 9 heteroatoms. The zero-order valence-corrected chi connectivity index (χ0v) is 18.3. The second-order valence-corrected chi connectivity index (χ2v) is 8.27. The predicted octanol–water partition coefficient (Wildman–Crippen LogP) is 2.68. The van der Waals surface area contributed by atoms with Gasteiger partial charge in [-0.3, -0.25) is 14.5 Å². The maximum atomic E-state index is 12.7. The van der Waals surface area contributed by atoms with Crippen LogP contribution < -0.4 is 15.2 Å². The Labute approximate surface area is 189 Å². The van der Waals surface area contributed by atoms with E-state index in [1.54, 1.807) is 25.3 Å². The van der Waals surface area contributed by atoms with E-state index in [4.69, 9.17) is 17.0 Å². The Bertz CT molecular complexity index is 1050. The lowest BCUT2D eigenvalue weighted by molar-refractivity contribution is -0.254. The number of carboxylic acid groups (broad SMARTS) is 1. The molecule has 0 unspecified atom stereocenters. The van der Waals surface area contributed by atoms with Gasteiger partial charge in [-0.15, -0.1) is 0 Å². The summed E-state index contributed by atoms with van der Waals surface area (Å²) < 4.78 is 5.56. The molecule has 31 heavy (non-hydrogen) atoms. The number of carbonyl (C=O) groups excluding carboxylic acids is 3. The summed E-state index contributed by atoms with van der Waals surface area (Å²) in [4.78, 5) is 38.0. The molecule has 0 radical (unpaired) electrons. The van der Waals surface area contributed by atoms with Crippen molar-refractivity contribution < 1.29 is 24.2 Å². The maximum absolute atomic E-state index is 12.7. The third-order valence-corrected chi connectivity index (χ3v) is 5.87. The van der Waals surface area contributed by atoms with Crippen LogP contribution in [0.25, 0.3) is 6.08 Å². The van der Waals surface area contributed by atoms with Crippen LogP contribution in [0, 0.1) is 0 Å². The number of ether oxygens (including phenoxy) is 1. The van der Waals surface area contributed by atoms with Gasteiger partial charge >= 0.3 is 0 Å². The number of anilines is 1. The summed E-state index contributed by atoms with van der Waals surface area (Å²) in [5.74, 6) is -1.19. The van der Waals surface area contributed by atoms with Gasteiger partial charge in [0.25, 0.3) is 5.91 Å². The van der Waals surface area contributed by atoms with Crippen molar-refractivity contribution in [1.29, 1.82) is 0 Å². The molecule has 7 nitrogen and oxygen atoms in total. The Morgan fingerprint density at radius 2 is 1.90 bits per heavy atom. The number of thioether (sulfide) groups is 1. The number of hydrogen-bond donors (Lipinski definition) is 1. The van der Waals surface area contributed by atoms with Crippen LogP contribution in [-0.2, 0) is 9.59 Å². The van der Waals surface area contributed by atoms with Gasteiger partial charge in [0.1, 0.15) is 10.1 Å². The number of hydrogen-bond acceptors (Lipinski definition) is 7. The van der Waals surface area contributed by atoms with E-state index < -0.39 is 5.97 Å². The Kier molecular flexibility index (Phi) is 7.43. The van der Waals surface area contributed by atoms with Crippen molar-refractivity contribution in [2.45, 2.75) is 12.8 Å². The Morgan fingerprint density at radius 1 is 1.19 bits per heavy atom. The summed E-state index contributed by atoms with van der Waals surface area (Å²) in [5.41, 5.74) is 0.948. The van der Waals surface area contributed by atoms with Gasteiger partial charge in [-0.25, -0.2) is 0 Å². The minimum absolute atomic E-state index is 0.0866. The molecule has 1 fully saturated rings. The first-order chi connectivity index (χ1) is 14.9. The van der Waals surface area contributed by atoms with Crippen molar-refractivity contribution >= 4 is 57.8 Å². The van der Waals surface area contributed by atoms with Crippen LogP contribution in [-0.4, -0.2) is 40.7 Å². The molecule has 2 aromatic rings. The SMILES string of the molecule is COc1ccc(/C=C2/SC(=S)N(CCCC(=O)Nc3ccccc3C(=O)[O-])C2=O)cc1. The Hall–Kier alpha value is -3.17. The van der Waals surface area contributed by atoms with Crippen LogP contribution >= 0.6 is 24.0 Å². The highest BCUT2D eigenvalue weighted by Crippen LogP contribution is 2.33. The summed E-state index contributed by atoms with van der Waals surface area (Å²) in [6, 6.07) is 13.3. The third-order valence-electron chi connectivity index (χ3n) is 4.49. The Balaban J connectivity index is 1.55. The van der Waals surface area contributed by atoms with E-state index in [2.05, 4.69) is 5.32 Å². The molecule has 0 saturated carbocycles. The molecule has 1 N–H and O–H groups in total. The summed E-state index contributed by atoms with van der Waals surface area (Å²) in [5, 5.41) is 13.7. The van der Waals surface area contributed by atoms with Crippen molar-refractivity contribution in [3.63, 3.8) is 0 Å². The van der Waals surface area contributed by atoms with Crippen LogP contribution in [0.5, 0.6) is 5.75 Å². The molecule has 0 spiro atoms. The smallest absolute Gasteiger partial charge is 0.266 e. The summed E-state index contributed by atoms with van der Waals surface area (Å²) in [6.45, 7) is 0.292. The number of methoxy groups -OCH3 is 1. The fourth-order valence-electron chi connectivity index (χ4n) is 2.92. The van der Waals surface area contributed by atoms with Gasteiger partial charge in [-0.1, -0.05) is 54.3 Å². The highest BCUT2D eigenvalue weighted by Gasteiger charge is 2.31. The standard InChI is InChI=1S/C22H20N2O5S2/c1-29-15-10-8-14(9-11-15)13-18-20(26)24(22(30)31-18)12-4-7-19(25)23-17-6-3-2-5-16(17)21(27)28/h2-3,5-6,8-11,13H,4,7,12H2,1H3,(H,23,25)(H,27,28)/p-1/b18-13+. The third kappa shape index (κ3) is 5.71. The lowest BCUT2D eigenvalue weighted by atomic mass is 10.1. The van der Waals surface area contributed by atoms with Gasteiger partial charge < -0.3 is 20.0 Å². The molecule has 1 aliphatic heterocycles. The van der Waals surface area contributed by atoms with E-state index in [0.29, 0.717) is 22.2 Å². The summed E-state index contributed by atoms with van der Waals surface area (Å²) >= 11 is 6.53. The van der Waals surface area contributed by atoms with Gasteiger partial charge in [0.2, 0.25) is 5.91 Å². The molecule has 1 saturated heterocycles. The largest absolute Gasteiger partial charge is 0.545 e. The van der Waals surface area contributed by atoms with E-state index in [0.717, 1.165) is 11.3 Å². The number of amides is 2. The number of carboxylic acids is 1. The fraction of sp³-hybridized carbons (Fsp3) is 0.182. The molecule has 0 atom stereocenters. The monoisotopic (exact) mass is 455 g/mol. The van der Waals surface area contributed by atoms with Crippen LogP contribution in [0.3, 0.4) is 0 Å². The van der Waals surface area contributed by atoms with Crippen molar-refractivity contribution in [3.05, 3.63) is 64.6 Å². The number of rotatable bonds is 8. The van der Waals surface area contributed by atoms with Crippen LogP contribution in [0.2, 0.25) is 0 Å². The average molecular weight is 456 g/mol. The first kappa shape index (κ1) is 22.5. The van der Waals surface area contributed by atoms with Gasteiger partial charge in [0, 0.05) is 24.2 Å². The molecule has 0 aliphatic carbocycles. The maximum Gasteiger partial charge on any atom is 0.266 e. The number of para-hydroxylation sites is 1. The topological polar surface area (TPSA) is 98.8 Å². The number of nitrogens with zero attached hydrogens (tertiary/aromatic N) is 1. The van der Waals surface area contributed by atoms with Crippen molar-refractivity contribution in [2.24, 2.45) is 0 Å². The van der Waals surface area contributed by atoms with E-state index in [1.165, 1.54) is 28.8 Å². The van der Waals surface area contributed by atoms with Gasteiger partial charge in [-0.2, -0.15) is 0 Å².